The van der Waals surface area contributed by atoms with Gasteiger partial charge < -0.3 is 18.6 Å². The summed E-state index contributed by atoms with van der Waals surface area (Å²) in [6, 6.07) is 21.3. The molecule has 0 N–H and O–H groups in total. The average Bonchev–Trinajstić information content (AvgIpc) is 3.43. The van der Waals surface area contributed by atoms with Crippen molar-refractivity contribution in [2.45, 2.75) is 44.3 Å². The molecule has 1 aliphatic rings. The molecule has 1 aliphatic heterocycles. The van der Waals surface area contributed by atoms with Crippen LogP contribution in [-0.2, 0) is 18.6 Å². The van der Waals surface area contributed by atoms with Gasteiger partial charge in [0.05, 0.1) is 6.61 Å². The third-order valence-corrected chi connectivity index (χ3v) is 10.2. The van der Waals surface area contributed by atoms with Crippen LogP contribution in [0, 0.1) is 0 Å². The van der Waals surface area contributed by atoms with Crippen molar-refractivity contribution in [2.75, 3.05) is 20.8 Å². The number of hydrogen-bond acceptors (Lipinski definition) is 4. The first-order valence-electron chi connectivity index (χ1n) is 9.40. The van der Waals surface area contributed by atoms with Crippen molar-refractivity contribution < 1.29 is 18.6 Å². The highest BCUT2D eigenvalue weighted by Crippen LogP contribution is 2.38. The molecule has 1 fully saturated rings. The van der Waals surface area contributed by atoms with Gasteiger partial charge in [-0.05, 0) is 15.4 Å². The number of rotatable bonds is 8. The van der Waals surface area contributed by atoms with E-state index in [1.165, 1.54) is 10.4 Å². The summed E-state index contributed by atoms with van der Waals surface area (Å²) in [4.78, 5) is 0. The van der Waals surface area contributed by atoms with Gasteiger partial charge in [-0.15, -0.1) is 0 Å². The molecule has 1 heterocycles. The van der Waals surface area contributed by atoms with Gasteiger partial charge >= 0.3 is 0 Å². The molecular formula is C22H30O4Si. The van der Waals surface area contributed by atoms with Crippen LogP contribution in [0.2, 0.25) is 5.04 Å². The van der Waals surface area contributed by atoms with Gasteiger partial charge in [-0.2, -0.15) is 0 Å². The summed E-state index contributed by atoms with van der Waals surface area (Å²) in [6.45, 7) is 7.36. The van der Waals surface area contributed by atoms with Crippen LogP contribution in [-0.4, -0.2) is 47.6 Å². The zero-order valence-electron chi connectivity index (χ0n) is 16.8. The first-order valence-corrected chi connectivity index (χ1v) is 11.3. The molecule has 4 nitrogen and oxygen atoms in total. The van der Waals surface area contributed by atoms with Crippen LogP contribution in [0.15, 0.2) is 60.7 Å². The fourth-order valence-corrected chi connectivity index (χ4v) is 8.43. The minimum Gasteiger partial charge on any atom is -0.405 e. The van der Waals surface area contributed by atoms with E-state index in [1.807, 2.05) is 0 Å². The summed E-state index contributed by atoms with van der Waals surface area (Å²) < 4.78 is 23.3. The monoisotopic (exact) mass is 386 g/mol. The number of methoxy groups -OCH3 is 2. The minimum atomic E-state index is -2.52. The topological polar surface area (TPSA) is 40.2 Å². The summed E-state index contributed by atoms with van der Waals surface area (Å²) in [5.41, 5.74) is 0. The Balaban J connectivity index is 1.93. The number of benzene rings is 2. The molecule has 0 saturated carbocycles. The molecule has 0 unspecified atom stereocenters. The average molecular weight is 387 g/mol. The number of hydrogen-bond donors (Lipinski definition) is 0. The fourth-order valence-electron chi connectivity index (χ4n) is 3.86. The Labute approximate surface area is 163 Å². The van der Waals surface area contributed by atoms with Crippen molar-refractivity contribution in [3.05, 3.63) is 60.7 Å². The van der Waals surface area contributed by atoms with Gasteiger partial charge in [0.1, 0.15) is 12.2 Å². The molecule has 1 saturated heterocycles. The second kappa shape index (κ2) is 8.25. The largest absolute Gasteiger partial charge is 0.405 e. The Morgan fingerprint density at radius 2 is 1.37 bits per heavy atom. The lowest BCUT2D eigenvalue weighted by Gasteiger charge is -2.43. The second-order valence-electron chi connectivity index (χ2n) is 7.95. The first kappa shape index (κ1) is 20.2. The quantitative estimate of drug-likeness (QED) is 0.397. The molecule has 0 spiro atoms. The molecule has 5 heteroatoms. The molecule has 2 atom stereocenters. The van der Waals surface area contributed by atoms with Gasteiger partial charge in [-0.3, -0.25) is 0 Å². The van der Waals surface area contributed by atoms with Crippen molar-refractivity contribution in [1.82, 2.24) is 0 Å². The van der Waals surface area contributed by atoms with Gasteiger partial charge in [0, 0.05) is 14.2 Å². The number of ether oxygens (including phenoxy) is 3. The van der Waals surface area contributed by atoms with E-state index in [-0.39, 0.29) is 23.5 Å². The predicted octanol–water partition coefficient (Wildman–Crippen LogP) is 2.95. The van der Waals surface area contributed by atoms with Crippen LogP contribution in [0.5, 0.6) is 0 Å². The van der Waals surface area contributed by atoms with E-state index < -0.39 is 8.32 Å². The molecule has 0 amide bonds. The predicted molar refractivity (Wildman–Crippen MR) is 110 cm³/mol. The molecule has 2 aromatic rings. The zero-order valence-corrected chi connectivity index (χ0v) is 17.8. The smallest absolute Gasteiger partial charge is 0.261 e. The lowest BCUT2D eigenvalue weighted by Crippen LogP contribution is -2.66. The summed E-state index contributed by atoms with van der Waals surface area (Å²) in [7, 11) is 0.751. The lowest BCUT2D eigenvalue weighted by molar-refractivity contribution is -0.115. The van der Waals surface area contributed by atoms with Crippen LogP contribution in [0.4, 0.5) is 0 Å². The SMILES string of the molecule is COC(OC)[C@@H]1O[C@H]1CO[Si](c1ccccc1)(c1ccccc1)C(C)(C)C. The van der Waals surface area contributed by atoms with Crippen molar-refractivity contribution in [2.24, 2.45) is 0 Å². The Morgan fingerprint density at radius 3 is 1.78 bits per heavy atom. The molecule has 0 aliphatic carbocycles. The van der Waals surface area contributed by atoms with Gasteiger partial charge in [0.2, 0.25) is 0 Å². The van der Waals surface area contributed by atoms with Gasteiger partial charge in [0.15, 0.2) is 6.29 Å². The zero-order chi connectivity index (χ0) is 19.5. The highest BCUT2D eigenvalue weighted by Gasteiger charge is 2.53. The van der Waals surface area contributed by atoms with E-state index in [0.29, 0.717) is 6.61 Å². The van der Waals surface area contributed by atoms with Gasteiger partial charge in [-0.25, -0.2) is 0 Å². The maximum absolute atomic E-state index is 6.86. The van der Waals surface area contributed by atoms with E-state index in [2.05, 4.69) is 81.4 Å². The highest BCUT2D eigenvalue weighted by molar-refractivity contribution is 6.99. The van der Waals surface area contributed by atoms with Crippen LogP contribution in [0.3, 0.4) is 0 Å². The number of epoxide rings is 1. The second-order valence-corrected chi connectivity index (χ2v) is 12.3. The van der Waals surface area contributed by atoms with E-state index in [0.717, 1.165) is 0 Å². The first-order chi connectivity index (χ1) is 12.9. The molecule has 2 aromatic carbocycles. The molecule has 3 rings (SSSR count). The fraction of sp³-hybridized carbons (Fsp3) is 0.455. The summed E-state index contributed by atoms with van der Waals surface area (Å²) in [5.74, 6) is 0. The molecule has 27 heavy (non-hydrogen) atoms. The highest BCUT2D eigenvalue weighted by atomic mass is 28.4. The summed E-state index contributed by atoms with van der Waals surface area (Å²) >= 11 is 0. The molecular weight excluding hydrogens is 356 g/mol. The lowest BCUT2D eigenvalue weighted by atomic mass is 10.2. The maximum atomic E-state index is 6.86. The van der Waals surface area contributed by atoms with Crippen LogP contribution < -0.4 is 10.4 Å². The third kappa shape index (κ3) is 4.03. The van der Waals surface area contributed by atoms with E-state index in [9.17, 15) is 0 Å². The van der Waals surface area contributed by atoms with Crippen molar-refractivity contribution in [3.63, 3.8) is 0 Å². The molecule has 0 bridgehead atoms. The van der Waals surface area contributed by atoms with E-state index in [1.54, 1.807) is 14.2 Å². The Bertz CT molecular complexity index is 671. The van der Waals surface area contributed by atoms with Crippen molar-refractivity contribution >= 4 is 18.7 Å². The van der Waals surface area contributed by atoms with Gasteiger partial charge in [0.25, 0.3) is 8.32 Å². The van der Waals surface area contributed by atoms with Crippen molar-refractivity contribution in [3.8, 4) is 0 Å². The van der Waals surface area contributed by atoms with Gasteiger partial charge in [-0.1, -0.05) is 81.4 Å². The maximum Gasteiger partial charge on any atom is 0.261 e. The van der Waals surface area contributed by atoms with Crippen LogP contribution in [0.1, 0.15) is 20.8 Å². The Kier molecular flexibility index (Phi) is 6.18. The van der Waals surface area contributed by atoms with Crippen LogP contribution in [0.25, 0.3) is 0 Å². The summed E-state index contributed by atoms with van der Waals surface area (Å²) in [6.07, 6.45) is -0.424. The standard InChI is InChI=1S/C22H30O4Si/c1-22(2,3)27(17-12-8-6-9-13-17,18-14-10-7-11-15-18)25-16-19-20(26-19)21(23-4)24-5/h6-15,19-21H,16H2,1-5H3/t19-,20+/m0/s1. The van der Waals surface area contributed by atoms with Crippen molar-refractivity contribution in [1.29, 1.82) is 0 Å². The molecule has 146 valence electrons. The Morgan fingerprint density at radius 1 is 0.889 bits per heavy atom. The molecule has 0 radical (unpaired) electrons. The third-order valence-electron chi connectivity index (χ3n) is 5.24. The van der Waals surface area contributed by atoms with E-state index in [4.69, 9.17) is 18.6 Å². The normalized spacial score (nSPS) is 20.1. The van der Waals surface area contributed by atoms with E-state index >= 15 is 0 Å². The molecule has 0 aromatic heterocycles. The Hall–Kier alpha value is -1.50. The minimum absolute atomic E-state index is 0.00319. The summed E-state index contributed by atoms with van der Waals surface area (Å²) in [5, 5.41) is 2.51. The van der Waals surface area contributed by atoms with Crippen LogP contribution >= 0.6 is 0 Å².